The molecule has 3 aromatic rings. The van der Waals surface area contributed by atoms with Crippen molar-refractivity contribution in [1.29, 1.82) is 0 Å². The second-order valence-electron chi connectivity index (χ2n) is 6.70. The number of rotatable bonds is 7. The molecule has 0 spiro atoms. The van der Waals surface area contributed by atoms with Gasteiger partial charge in [-0.15, -0.1) is 0 Å². The van der Waals surface area contributed by atoms with Gasteiger partial charge < -0.3 is 9.47 Å². The Kier molecular flexibility index (Phi) is 4.53. The van der Waals surface area contributed by atoms with Gasteiger partial charge in [-0.1, -0.05) is 60.7 Å². The van der Waals surface area contributed by atoms with E-state index in [1.165, 1.54) is 18.4 Å². The molecule has 0 aromatic heterocycles. The average molecular weight is 330 g/mol. The molecular weight excluding hydrogens is 308 g/mol. The highest BCUT2D eigenvalue weighted by molar-refractivity contribution is 5.34. The summed E-state index contributed by atoms with van der Waals surface area (Å²) >= 11 is 0. The lowest BCUT2D eigenvalue weighted by molar-refractivity contribution is 0.100. The molecule has 0 saturated heterocycles. The van der Waals surface area contributed by atoms with Crippen LogP contribution in [0.4, 0.5) is 0 Å². The van der Waals surface area contributed by atoms with Crippen molar-refractivity contribution in [2.24, 2.45) is 0 Å². The van der Waals surface area contributed by atoms with E-state index in [9.17, 15) is 0 Å². The number of benzene rings is 3. The molecule has 2 nitrogen and oxygen atoms in total. The number of ether oxygens (including phenoxy) is 2. The largest absolute Gasteiger partial charge is 0.457 e. The van der Waals surface area contributed by atoms with Gasteiger partial charge in [0.05, 0.1) is 13.2 Å². The van der Waals surface area contributed by atoms with Crippen molar-refractivity contribution in [3.8, 4) is 11.5 Å². The molecular formula is C23H22O2. The van der Waals surface area contributed by atoms with Gasteiger partial charge in [0.25, 0.3) is 0 Å². The maximum atomic E-state index is 6.05. The van der Waals surface area contributed by atoms with E-state index in [4.69, 9.17) is 9.47 Å². The first kappa shape index (κ1) is 15.9. The highest BCUT2D eigenvalue weighted by Crippen LogP contribution is 2.48. The van der Waals surface area contributed by atoms with Gasteiger partial charge in [-0.2, -0.15) is 0 Å². The van der Waals surface area contributed by atoms with Gasteiger partial charge in [-0.05, 0) is 48.2 Å². The summed E-state index contributed by atoms with van der Waals surface area (Å²) in [6.07, 6.45) is 2.43. The first-order chi connectivity index (χ1) is 12.3. The van der Waals surface area contributed by atoms with Crippen LogP contribution in [-0.2, 0) is 16.8 Å². The van der Waals surface area contributed by atoms with Crippen LogP contribution in [0.5, 0.6) is 11.5 Å². The van der Waals surface area contributed by atoms with E-state index in [0.717, 1.165) is 23.7 Å². The third kappa shape index (κ3) is 3.92. The molecule has 3 aromatic carbocycles. The molecule has 1 fully saturated rings. The molecule has 0 radical (unpaired) electrons. The molecule has 1 saturated carbocycles. The molecule has 0 amide bonds. The molecule has 0 aliphatic heterocycles. The van der Waals surface area contributed by atoms with Crippen molar-refractivity contribution in [3.05, 3.63) is 96.1 Å². The number of hydrogen-bond donors (Lipinski definition) is 0. The van der Waals surface area contributed by atoms with E-state index >= 15 is 0 Å². The van der Waals surface area contributed by atoms with Gasteiger partial charge in [0.1, 0.15) is 11.5 Å². The zero-order chi connectivity index (χ0) is 17.0. The minimum absolute atomic E-state index is 0.236. The molecule has 2 heteroatoms. The number of hydrogen-bond acceptors (Lipinski definition) is 2. The Hall–Kier alpha value is -2.58. The summed E-state index contributed by atoms with van der Waals surface area (Å²) in [5.74, 6) is 1.69. The third-order valence-corrected chi connectivity index (χ3v) is 4.76. The summed E-state index contributed by atoms with van der Waals surface area (Å²) in [5.41, 5.74) is 2.77. The molecule has 126 valence electrons. The number of para-hydroxylation sites is 1. The maximum Gasteiger partial charge on any atom is 0.127 e. The molecule has 0 atom stereocenters. The highest BCUT2D eigenvalue weighted by Gasteiger charge is 2.44. The molecule has 0 bridgehead atoms. The Bertz CT molecular complexity index is 808. The van der Waals surface area contributed by atoms with Crippen LogP contribution in [0.3, 0.4) is 0 Å². The van der Waals surface area contributed by atoms with Gasteiger partial charge in [-0.25, -0.2) is 0 Å². The Morgan fingerprint density at radius 1 is 0.720 bits per heavy atom. The van der Waals surface area contributed by atoms with Crippen LogP contribution in [-0.4, -0.2) is 6.61 Å². The summed E-state index contributed by atoms with van der Waals surface area (Å²) in [4.78, 5) is 0. The van der Waals surface area contributed by atoms with Gasteiger partial charge in [-0.3, -0.25) is 0 Å². The van der Waals surface area contributed by atoms with Crippen molar-refractivity contribution >= 4 is 0 Å². The summed E-state index contributed by atoms with van der Waals surface area (Å²) in [7, 11) is 0. The minimum Gasteiger partial charge on any atom is -0.457 e. The van der Waals surface area contributed by atoms with E-state index in [2.05, 4.69) is 42.5 Å². The Labute approximate surface area is 149 Å². The fraction of sp³-hybridized carbons (Fsp3) is 0.217. The van der Waals surface area contributed by atoms with Gasteiger partial charge >= 0.3 is 0 Å². The fourth-order valence-corrected chi connectivity index (χ4v) is 3.15. The van der Waals surface area contributed by atoms with E-state index in [1.807, 2.05) is 42.5 Å². The van der Waals surface area contributed by atoms with Crippen molar-refractivity contribution in [2.45, 2.75) is 24.9 Å². The lowest BCUT2D eigenvalue weighted by Gasteiger charge is -2.16. The summed E-state index contributed by atoms with van der Waals surface area (Å²) < 4.78 is 11.9. The second-order valence-corrected chi connectivity index (χ2v) is 6.70. The van der Waals surface area contributed by atoms with Crippen LogP contribution < -0.4 is 4.74 Å². The maximum absolute atomic E-state index is 6.05. The molecule has 1 aliphatic carbocycles. The smallest absolute Gasteiger partial charge is 0.127 e. The molecule has 25 heavy (non-hydrogen) atoms. The molecule has 1 aliphatic rings. The standard InChI is InChI=1S/C23H22O2/c1-3-9-20(10-4-1)23(14-15-23)18-24-17-19-8-7-13-22(16-19)25-21-11-5-2-6-12-21/h1-13,16H,14-15,17-18H2. The second kappa shape index (κ2) is 7.12. The predicted octanol–water partition coefficient (Wildman–Crippen LogP) is 5.73. The van der Waals surface area contributed by atoms with Crippen LogP contribution in [0.25, 0.3) is 0 Å². The van der Waals surface area contributed by atoms with Crippen molar-refractivity contribution < 1.29 is 9.47 Å². The van der Waals surface area contributed by atoms with Crippen LogP contribution in [0, 0.1) is 0 Å². The zero-order valence-electron chi connectivity index (χ0n) is 14.2. The first-order valence-corrected chi connectivity index (χ1v) is 8.79. The van der Waals surface area contributed by atoms with Crippen LogP contribution >= 0.6 is 0 Å². The van der Waals surface area contributed by atoms with Gasteiger partial charge in [0.2, 0.25) is 0 Å². The van der Waals surface area contributed by atoms with E-state index in [-0.39, 0.29) is 5.41 Å². The van der Waals surface area contributed by atoms with Crippen LogP contribution in [0.1, 0.15) is 24.0 Å². The molecule has 0 N–H and O–H groups in total. The third-order valence-electron chi connectivity index (χ3n) is 4.76. The Balaban J connectivity index is 1.35. The highest BCUT2D eigenvalue weighted by atomic mass is 16.5. The first-order valence-electron chi connectivity index (χ1n) is 8.79. The lowest BCUT2D eigenvalue weighted by Crippen LogP contribution is -2.15. The fourth-order valence-electron chi connectivity index (χ4n) is 3.15. The Morgan fingerprint density at radius 3 is 2.12 bits per heavy atom. The molecule has 0 unspecified atom stereocenters. The monoisotopic (exact) mass is 330 g/mol. The summed E-state index contributed by atoms with van der Waals surface area (Å²) in [6.45, 7) is 1.39. The van der Waals surface area contributed by atoms with Crippen LogP contribution in [0.15, 0.2) is 84.9 Å². The normalized spacial score (nSPS) is 14.9. The van der Waals surface area contributed by atoms with Crippen LogP contribution in [0.2, 0.25) is 0 Å². The van der Waals surface area contributed by atoms with E-state index in [1.54, 1.807) is 0 Å². The topological polar surface area (TPSA) is 18.5 Å². The van der Waals surface area contributed by atoms with E-state index in [0.29, 0.717) is 6.61 Å². The van der Waals surface area contributed by atoms with Gasteiger partial charge in [0.15, 0.2) is 0 Å². The van der Waals surface area contributed by atoms with Crippen molar-refractivity contribution in [2.75, 3.05) is 6.61 Å². The summed E-state index contributed by atoms with van der Waals surface area (Å²) in [6, 6.07) is 28.7. The molecule has 4 rings (SSSR count). The van der Waals surface area contributed by atoms with Gasteiger partial charge in [0, 0.05) is 5.41 Å². The SMILES string of the molecule is c1ccc(Oc2cccc(COCC3(c4ccccc4)CC3)c2)cc1. The minimum atomic E-state index is 0.236. The van der Waals surface area contributed by atoms with Crippen molar-refractivity contribution in [3.63, 3.8) is 0 Å². The quantitative estimate of drug-likeness (QED) is 0.551. The lowest BCUT2D eigenvalue weighted by atomic mass is 9.97. The molecule has 0 heterocycles. The average Bonchev–Trinajstić information content (AvgIpc) is 3.45. The van der Waals surface area contributed by atoms with E-state index < -0.39 is 0 Å². The Morgan fingerprint density at radius 2 is 1.40 bits per heavy atom. The van der Waals surface area contributed by atoms with Crippen molar-refractivity contribution in [1.82, 2.24) is 0 Å². The summed E-state index contributed by atoms with van der Waals surface area (Å²) in [5, 5.41) is 0. The zero-order valence-corrected chi connectivity index (χ0v) is 14.2. The predicted molar refractivity (Wildman–Crippen MR) is 100.0 cm³/mol.